The largest absolute Gasteiger partial charge is 0.322 e. The van der Waals surface area contributed by atoms with Crippen LogP contribution in [0.4, 0.5) is 15.8 Å². The van der Waals surface area contributed by atoms with E-state index in [2.05, 4.69) is 15.7 Å². The van der Waals surface area contributed by atoms with Gasteiger partial charge in [0, 0.05) is 0 Å². The fraction of sp³-hybridized carbons (Fsp3) is 0.211. The molecule has 2 heterocycles. The van der Waals surface area contributed by atoms with E-state index in [0.29, 0.717) is 5.69 Å². The van der Waals surface area contributed by atoms with E-state index in [-0.39, 0.29) is 12.2 Å². The lowest BCUT2D eigenvalue weighted by Gasteiger charge is -2.20. The molecule has 0 bridgehead atoms. The molecule has 28 heavy (non-hydrogen) atoms. The molecule has 3 amide bonds. The summed E-state index contributed by atoms with van der Waals surface area (Å²) in [5, 5.41) is 11.3. The average molecular weight is 381 g/mol. The van der Waals surface area contributed by atoms with Gasteiger partial charge in [0.2, 0.25) is 5.91 Å². The normalized spacial score (nSPS) is 20.6. The summed E-state index contributed by atoms with van der Waals surface area (Å²) in [6.07, 6.45) is 0. The molecule has 4 rings (SSSR count). The highest BCUT2D eigenvalue weighted by Gasteiger charge is 2.55. The van der Waals surface area contributed by atoms with E-state index in [1.54, 1.807) is 30.3 Å². The molecule has 0 unspecified atom stereocenters. The van der Waals surface area contributed by atoms with E-state index in [1.807, 2.05) is 6.92 Å². The van der Waals surface area contributed by atoms with E-state index in [0.717, 1.165) is 15.5 Å². The van der Waals surface area contributed by atoms with Gasteiger partial charge in [0.25, 0.3) is 11.8 Å². The van der Waals surface area contributed by atoms with Gasteiger partial charge < -0.3 is 5.32 Å². The number of halogens is 1. The Bertz CT molecular complexity index is 991. The van der Waals surface area contributed by atoms with Crippen LogP contribution in [-0.2, 0) is 14.4 Å². The summed E-state index contributed by atoms with van der Waals surface area (Å²) in [6.45, 7) is 1.57. The Morgan fingerprint density at radius 1 is 1.11 bits per heavy atom. The van der Waals surface area contributed by atoms with Gasteiger partial charge in [0.1, 0.15) is 12.4 Å². The number of carbonyl (C=O) groups excluding carboxylic acids is 3. The van der Waals surface area contributed by atoms with Gasteiger partial charge in [-0.15, -0.1) is 0 Å². The maximum Gasteiger partial charge on any atom is 0.263 e. The molecule has 8 nitrogen and oxygen atoms in total. The van der Waals surface area contributed by atoms with Crippen molar-refractivity contribution >= 4 is 29.1 Å². The highest BCUT2D eigenvalue weighted by atomic mass is 19.1. The summed E-state index contributed by atoms with van der Waals surface area (Å²) in [6, 6.07) is 10.7. The zero-order valence-electron chi connectivity index (χ0n) is 14.9. The van der Waals surface area contributed by atoms with Gasteiger partial charge in [-0.3, -0.25) is 19.4 Å². The van der Waals surface area contributed by atoms with Gasteiger partial charge >= 0.3 is 0 Å². The number of fused-ring (bicyclic) bond motifs is 1. The van der Waals surface area contributed by atoms with Gasteiger partial charge in [0.05, 0.1) is 11.4 Å². The van der Waals surface area contributed by atoms with Crippen molar-refractivity contribution in [3.8, 4) is 0 Å². The third-order valence-corrected chi connectivity index (χ3v) is 4.60. The van der Waals surface area contributed by atoms with Crippen LogP contribution in [0.1, 0.15) is 5.56 Å². The van der Waals surface area contributed by atoms with Crippen molar-refractivity contribution in [3.05, 3.63) is 59.9 Å². The number of amides is 3. The molecule has 2 aromatic carbocycles. The number of carbonyl (C=O) groups is 3. The molecule has 0 radical (unpaired) electrons. The zero-order chi connectivity index (χ0) is 19.8. The van der Waals surface area contributed by atoms with E-state index in [4.69, 9.17) is 0 Å². The Morgan fingerprint density at radius 2 is 1.82 bits per heavy atom. The molecule has 0 aromatic heterocycles. The highest BCUT2D eigenvalue weighted by molar-refractivity contribution is 6.25. The number of nitrogens with one attached hydrogen (secondary N) is 1. The number of aryl methyl sites for hydroxylation is 1. The first-order chi connectivity index (χ1) is 13.5. The highest BCUT2D eigenvalue weighted by Crippen LogP contribution is 2.31. The first-order valence-corrected chi connectivity index (χ1v) is 8.62. The minimum atomic E-state index is -0.991. The van der Waals surface area contributed by atoms with Crippen molar-refractivity contribution in [1.82, 2.24) is 5.01 Å². The van der Waals surface area contributed by atoms with Crippen molar-refractivity contribution in [3.63, 3.8) is 0 Å². The lowest BCUT2D eigenvalue weighted by molar-refractivity contribution is -0.123. The van der Waals surface area contributed by atoms with E-state index >= 15 is 0 Å². The van der Waals surface area contributed by atoms with Crippen LogP contribution in [0.5, 0.6) is 0 Å². The molecular weight excluding hydrogens is 365 g/mol. The Balaban J connectivity index is 1.49. The molecule has 2 aliphatic heterocycles. The maximum atomic E-state index is 13.7. The molecular formula is C19H16FN5O3. The van der Waals surface area contributed by atoms with Crippen molar-refractivity contribution in [1.29, 1.82) is 0 Å². The Morgan fingerprint density at radius 3 is 2.54 bits per heavy atom. The molecule has 1 saturated heterocycles. The van der Waals surface area contributed by atoms with Gasteiger partial charge in [-0.05, 0) is 31.2 Å². The minimum Gasteiger partial charge on any atom is -0.322 e. The lowest BCUT2D eigenvalue weighted by Crippen LogP contribution is -2.43. The smallest absolute Gasteiger partial charge is 0.263 e. The average Bonchev–Trinajstić information content (AvgIpc) is 3.18. The summed E-state index contributed by atoms with van der Waals surface area (Å²) in [5.74, 6) is -2.13. The Hall–Kier alpha value is -3.62. The molecule has 9 heteroatoms. The van der Waals surface area contributed by atoms with Gasteiger partial charge in [0.15, 0.2) is 12.1 Å². The molecule has 0 spiro atoms. The van der Waals surface area contributed by atoms with Gasteiger partial charge in [-0.25, -0.2) is 9.29 Å². The van der Waals surface area contributed by atoms with Crippen molar-refractivity contribution in [2.24, 2.45) is 10.3 Å². The van der Waals surface area contributed by atoms with Crippen LogP contribution in [0.3, 0.4) is 0 Å². The van der Waals surface area contributed by atoms with Crippen LogP contribution in [0.2, 0.25) is 0 Å². The number of nitrogens with zero attached hydrogens (tertiary/aromatic N) is 4. The second kappa shape index (κ2) is 6.84. The molecule has 1 N–H and O–H groups in total. The third kappa shape index (κ3) is 3.00. The SMILES string of the molecule is Cc1ccc(N2C(=O)[C@@H]3N=NN(CC(=O)Nc4ccccc4F)[C@H]3C2=O)cc1. The van der Waals surface area contributed by atoms with E-state index < -0.39 is 35.6 Å². The van der Waals surface area contributed by atoms with Crippen LogP contribution in [0.25, 0.3) is 0 Å². The first kappa shape index (κ1) is 17.8. The van der Waals surface area contributed by atoms with Crippen LogP contribution in [-0.4, -0.2) is 41.4 Å². The fourth-order valence-electron chi connectivity index (χ4n) is 3.20. The van der Waals surface area contributed by atoms with Crippen molar-refractivity contribution in [2.75, 3.05) is 16.8 Å². The van der Waals surface area contributed by atoms with Crippen molar-refractivity contribution < 1.29 is 18.8 Å². The number of hydrogen-bond acceptors (Lipinski definition) is 6. The second-order valence-corrected chi connectivity index (χ2v) is 6.57. The summed E-state index contributed by atoms with van der Waals surface area (Å²) in [5.41, 5.74) is 1.46. The van der Waals surface area contributed by atoms with E-state index in [9.17, 15) is 18.8 Å². The number of benzene rings is 2. The molecule has 2 atom stereocenters. The Labute approximate surface area is 159 Å². The standard InChI is InChI=1S/C19H16FN5O3/c1-11-6-8-12(9-7-11)25-18(27)16-17(19(25)28)24(23-22-16)10-15(26)21-14-5-3-2-4-13(14)20/h2-9,16-17H,10H2,1H3,(H,21,26)/t16-,17-/m1/s1. The number of imide groups is 1. The van der Waals surface area contributed by atoms with Crippen LogP contribution in [0, 0.1) is 12.7 Å². The molecule has 2 aliphatic rings. The van der Waals surface area contributed by atoms with Gasteiger partial charge in [-0.2, -0.15) is 5.11 Å². The summed E-state index contributed by atoms with van der Waals surface area (Å²) in [7, 11) is 0. The molecule has 2 aromatic rings. The summed E-state index contributed by atoms with van der Waals surface area (Å²) < 4.78 is 13.7. The predicted molar refractivity (Wildman–Crippen MR) is 97.8 cm³/mol. The molecule has 0 saturated carbocycles. The van der Waals surface area contributed by atoms with Gasteiger partial charge in [-0.1, -0.05) is 35.1 Å². The predicted octanol–water partition coefficient (Wildman–Crippen LogP) is 2.07. The molecule has 142 valence electrons. The quantitative estimate of drug-likeness (QED) is 0.821. The third-order valence-electron chi connectivity index (χ3n) is 4.60. The lowest BCUT2D eigenvalue weighted by atomic mass is 10.1. The number of rotatable bonds is 4. The maximum absolute atomic E-state index is 13.7. The first-order valence-electron chi connectivity index (χ1n) is 8.62. The zero-order valence-corrected chi connectivity index (χ0v) is 14.9. The van der Waals surface area contributed by atoms with E-state index in [1.165, 1.54) is 18.2 Å². The fourth-order valence-corrected chi connectivity index (χ4v) is 3.20. The minimum absolute atomic E-state index is 0.0234. The van der Waals surface area contributed by atoms with Crippen molar-refractivity contribution in [2.45, 2.75) is 19.0 Å². The molecule has 0 aliphatic carbocycles. The number of hydrogen-bond donors (Lipinski definition) is 1. The summed E-state index contributed by atoms with van der Waals surface area (Å²) in [4.78, 5) is 38.8. The second-order valence-electron chi connectivity index (χ2n) is 6.57. The monoisotopic (exact) mass is 381 g/mol. The van der Waals surface area contributed by atoms with Crippen LogP contribution in [0.15, 0.2) is 58.9 Å². The summed E-state index contributed by atoms with van der Waals surface area (Å²) >= 11 is 0. The van der Waals surface area contributed by atoms with Crippen LogP contribution < -0.4 is 10.2 Å². The molecule has 1 fully saturated rings. The van der Waals surface area contributed by atoms with Crippen LogP contribution >= 0.6 is 0 Å². The topological polar surface area (TPSA) is 94.4 Å². The Kier molecular flexibility index (Phi) is 4.34. The number of anilines is 2. The number of para-hydroxylation sites is 1.